The molecule has 1 aliphatic carbocycles. The fourth-order valence-corrected chi connectivity index (χ4v) is 1.88. The molecular formula is C10H21N. The van der Waals surface area contributed by atoms with Gasteiger partial charge in [-0.1, -0.05) is 26.7 Å². The lowest BCUT2D eigenvalue weighted by Gasteiger charge is -2.26. The van der Waals surface area contributed by atoms with Crippen molar-refractivity contribution in [2.75, 3.05) is 13.1 Å². The van der Waals surface area contributed by atoms with Crippen LogP contribution in [0, 0.1) is 11.8 Å². The van der Waals surface area contributed by atoms with Crippen LogP contribution in [0.1, 0.15) is 39.5 Å². The first-order valence-corrected chi connectivity index (χ1v) is 5.03. The molecule has 0 aromatic rings. The highest BCUT2D eigenvalue weighted by molar-refractivity contribution is 4.71. The van der Waals surface area contributed by atoms with E-state index >= 15 is 0 Å². The SMILES string of the molecule is CCNC[C@H]1CC[C@H](C)CC1. The van der Waals surface area contributed by atoms with E-state index in [2.05, 4.69) is 19.2 Å². The molecular weight excluding hydrogens is 134 g/mol. The van der Waals surface area contributed by atoms with Crippen LogP contribution in [0.3, 0.4) is 0 Å². The maximum atomic E-state index is 3.43. The summed E-state index contributed by atoms with van der Waals surface area (Å²) in [5.41, 5.74) is 0. The van der Waals surface area contributed by atoms with Crippen molar-refractivity contribution in [3.8, 4) is 0 Å². The van der Waals surface area contributed by atoms with E-state index in [1.54, 1.807) is 0 Å². The topological polar surface area (TPSA) is 12.0 Å². The smallest absolute Gasteiger partial charge is 0.00206 e. The summed E-state index contributed by atoms with van der Waals surface area (Å²) in [6, 6.07) is 0. The molecule has 1 rings (SSSR count). The highest BCUT2D eigenvalue weighted by atomic mass is 14.8. The number of hydrogen-bond donors (Lipinski definition) is 1. The average molecular weight is 155 g/mol. The van der Waals surface area contributed by atoms with Crippen LogP contribution in [-0.4, -0.2) is 13.1 Å². The molecule has 0 amide bonds. The number of nitrogens with one attached hydrogen (secondary N) is 1. The Labute approximate surface area is 70.6 Å². The standard InChI is InChI=1S/C10H21N/c1-3-11-8-10-6-4-9(2)5-7-10/h9-11H,3-8H2,1-2H3/t9-,10-. The second-order valence-corrected chi connectivity index (χ2v) is 3.93. The number of hydrogen-bond acceptors (Lipinski definition) is 1. The molecule has 1 N–H and O–H groups in total. The van der Waals surface area contributed by atoms with E-state index in [1.807, 2.05) is 0 Å². The van der Waals surface area contributed by atoms with Gasteiger partial charge in [0.15, 0.2) is 0 Å². The van der Waals surface area contributed by atoms with Crippen LogP contribution in [0.4, 0.5) is 0 Å². The second kappa shape index (κ2) is 4.76. The van der Waals surface area contributed by atoms with Gasteiger partial charge in [-0.3, -0.25) is 0 Å². The first-order valence-electron chi connectivity index (χ1n) is 5.03. The Bertz CT molecular complexity index is 90.3. The molecule has 0 heterocycles. The molecule has 1 saturated carbocycles. The van der Waals surface area contributed by atoms with Gasteiger partial charge in [0.1, 0.15) is 0 Å². The molecule has 1 aliphatic rings. The summed E-state index contributed by atoms with van der Waals surface area (Å²) in [6.07, 6.45) is 5.81. The minimum Gasteiger partial charge on any atom is -0.317 e. The van der Waals surface area contributed by atoms with Crippen LogP contribution in [0.15, 0.2) is 0 Å². The summed E-state index contributed by atoms with van der Waals surface area (Å²) in [5.74, 6) is 1.97. The third kappa shape index (κ3) is 3.24. The van der Waals surface area contributed by atoms with Crippen LogP contribution >= 0.6 is 0 Å². The summed E-state index contributed by atoms with van der Waals surface area (Å²) in [6.45, 7) is 6.95. The molecule has 0 unspecified atom stereocenters. The fraction of sp³-hybridized carbons (Fsp3) is 1.00. The highest BCUT2D eigenvalue weighted by Crippen LogP contribution is 2.27. The normalized spacial score (nSPS) is 32.2. The van der Waals surface area contributed by atoms with E-state index in [-0.39, 0.29) is 0 Å². The third-order valence-electron chi connectivity index (χ3n) is 2.82. The minimum atomic E-state index is 0.978. The second-order valence-electron chi connectivity index (χ2n) is 3.93. The van der Waals surface area contributed by atoms with Crippen molar-refractivity contribution in [3.05, 3.63) is 0 Å². The van der Waals surface area contributed by atoms with E-state index in [1.165, 1.54) is 32.2 Å². The molecule has 0 aromatic heterocycles. The van der Waals surface area contributed by atoms with Gasteiger partial charge >= 0.3 is 0 Å². The van der Waals surface area contributed by atoms with Gasteiger partial charge in [-0.15, -0.1) is 0 Å². The quantitative estimate of drug-likeness (QED) is 0.660. The first-order chi connectivity index (χ1) is 5.33. The Balaban J connectivity index is 2.07. The Morgan fingerprint density at radius 3 is 2.36 bits per heavy atom. The van der Waals surface area contributed by atoms with Crippen LogP contribution in [0.2, 0.25) is 0 Å². The van der Waals surface area contributed by atoms with E-state index in [0.717, 1.165) is 18.4 Å². The first kappa shape index (κ1) is 9.05. The minimum absolute atomic E-state index is 0.978. The third-order valence-corrected chi connectivity index (χ3v) is 2.82. The van der Waals surface area contributed by atoms with Crippen molar-refractivity contribution in [1.82, 2.24) is 5.32 Å². The maximum absolute atomic E-state index is 3.43. The van der Waals surface area contributed by atoms with Gasteiger partial charge in [-0.2, -0.15) is 0 Å². The van der Waals surface area contributed by atoms with Crippen LogP contribution < -0.4 is 5.32 Å². The molecule has 0 bridgehead atoms. The molecule has 1 nitrogen and oxygen atoms in total. The number of rotatable bonds is 3. The lowest BCUT2D eigenvalue weighted by Crippen LogP contribution is -2.25. The van der Waals surface area contributed by atoms with Crippen molar-refractivity contribution in [2.45, 2.75) is 39.5 Å². The molecule has 1 fully saturated rings. The molecule has 1 heteroatoms. The molecule has 11 heavy (non-hydrogen) atoms. The van der Waals surface area contributed by atoms with Gasteiger partial charge in [0.25, 0.3) is 0 Å². The zero-order chi connectivity index (χ0) is 8.10. The molecule has 0 atom stereocenters. The monoisotopic (exact) mass is 155 g/mol. The predicted octanol–water partition coefficient (Wildman–Crippen LogP) is 2.42. The zero-order valence-electron chi connectivity index (χ0n) is 7.90. The van der Waals surface area contributed by atoms with Gasteiger partial charge < -0.3 is 5.32 Å². The summed E-state index contributed by atoms with van der Waals surface area (Å²) < 4.78 is 0. The van der Waals surface area contributed by atoms with Crippen molar-refractivity contribution in [2.24, 2.45) is 11.8 Å². The van der Waals surface area contributed by atoms with E-state index in [0.29, 0.717) is 0 Å². The van der Waals surface area contributed by atoms with Crippen LogP contribution in [0.25, 0.3) is 0 Å². The molecule has 66 valence electrons. The van der Waals surface area contributed by atoms with Gasteiger partial charge in [0, 0.05) is 0 Å². The average Bonchev–Trinajstić information content (AvgIpc) is 2.04. The van der Waals surface area contributed by atoms with E-state index < -0.39 is 0 Å². The lowest BCUT2D eigenvalue weighted by atomic mass is 9.83. The van der Waals surface area contributed by atoms with Crippen molar-refractivity contribution in [1.29, 1.82) is 0 Å². The van der Waals surface area contributed by atoms with Crippen LogP contribution in [-0.2, 0) is 0 Å². The Morgan fingerprint density at radius 2 is 1.82 bits per heavy atom. The van der Waals surface area contributed by atoms with Crippen LogP contribution in [0.5, 0.6) is 0 Å². The summed E-state index contributed by atoms with van der Waals surface area (Å²) in [7, 11) is 0. The zero-order valence-corrected chi connectivity index (χ0v) is 7.90. The van der Waals surface area contributed by atoms with Gasteiger partial charge in [-0.25, -0.2) is 0 Å². The summed E-state index contributed by atoms with van der Waals surface area (Å²) in [5, 5.41) is 3.43. The lowest BCUT2D eigenvalue weighted by molar-refractivity contribution is 0.283. The summed E-state index contributed by atoms with van der Waals surface area (Å²) in [4.78, 5) is 0. The molecule has 0 saturated heterocycles. The fourth-order valence-electron chi connectivity index (χ4n) is 1.88. The maximum Gasteiger partial charge on any atom is -0.00206 e. The van der Waals surface area contributed by atoms with E-state index in [9.17, 15) is 0 Å². The molecule has 0 radical (unpaired) electrons. The Morgan fingerprint density at radius 1 is 1.18 bits per heavy atom. The van der Waals surface area contributed by atoms with Gasteiger partial charge in [0.05, 0.1) is 0 Å². The predicted molar refractivity (Wildman–Crippen MR) is 49.7 cm³/mol. The Kier molecular flexibility index (Phi) is 3.92. The largest absolute Gasteiger partial charge is 0.317 e. The van der Waals surface area contributed by atoms with Crippen molar-refractivity contribution in [3.63, 3.8) is 0 Å². The highest BCUT2D eigenvalue weighted by Gasteiger charge is 2.16. The van der Waals surface area contributed by atoms with Crippen molar-refractivity contribution < 1.29 is 0 Å². The van der Waals surface area contributed by atoms with E-state index in [4.69, 9.17) is 0 Å². The Hall–Kier alpha value is -0.0400. The van der Waals surface area contributed by atoms with Gasteiger partial charge in [0.2, 0.25) is 0 Å². The molecule has 0 spiro atoms. The molecule has 0 aromatic carbocycles. The van der Waals surface area contributed by atoms with Crippen molar-refractivity contribution >= 4 is 0 Å². The molecule has 0 aliphatic heterocycles. The summed E-state index contributed by atoms with van der Waals surface area (Å²) >= 11 is 0. The van der Waals surface area contributed by atoms with Gasteiger partial charge in [-0.05, 0) is 37.8 Å².